The van der Waals surface area contributed by atoms with E-state index in [4.69, 9.17) is 9.47 Å². The van der Waals surface area contributed by atoms with Gasteiger partial charge in [0.2, 0.25) is 10.0 Å². The number of ether oxygens (including phenoxy) is 2. The molecule has 2 aromatic carbocycles. The number of likely N-dealkylation sites (N-methyl/N-ethyl adjacent to an activating group) is 1. The minimum Gasteiger partial charge on any atom is -0.497 e. The van der Waals surface area contributed by atoms with E-state index in [-0.39, 0.29) is 17.5 Å². The summed E-state index contributed by atoms with van der Waals surface area (Å²) in [7, 11) is 3.43. The third kappa shape index (κ3) is 5.33. The number of rotatable bonds is 8. The molecule has 0 unspecified atom stereocenters. The van der Waals surface area contributed by atoms with Crippen LogP contribution < -0.4 is 19.1 Å². The van der Waals surface area contributed by atoms with Crippen molar-refractivity contribution in [1.29, 1.82) is 0 Å². The zero-order chi connectivity index (χ0) is 24.3. The van der Waals surface area contributed by atoms with Crippen LogP contribution in [-0.4, -0.2) is 85.8 Å². The van der Waals surface area contributed by atoms with E-state index in [1.54, 1.807) is 12.1 Å². The number of aryl methyl sites for hydroxylation is 1. The molecule has 0 bridgehead atoms. The van der Waals surface area contributed by atoms with E-state index in [0.717, 1.165) is 51.1 Å². The molecule has 8 nitrogen and oxygen atoms in total. The molecule has 0 aliphatic carbocycles. The number of methoxy groups -OCH3 is 2. The molecule has 0 aromatic heterocycles. The summed E-state index contributed by atoms with van der Waals surface area (Å²) in [5.74, 6) is 0.761. The minimum atomic E-state index is -3.81. The van der Waals surface area contributed by atoms with E-state index < -0.39 is 10.0 Å². The van der Waals surface area contributed by atoms with Crippen LogP contribution in [-0.2, 0) is 16.4 Å². The highest BCUT2D eigenvalue weighted by Crippen LogP contribution is 2.32. The summed E-state index contributed by atoms with van der Waals surface area (Å²) in [5, 5.41) is 0. The molecule has 9 heteroatoms. The van der Waals surface area contributed by atoms with Crippen LogP contribution in [0.15, 0.2) is 41.3 Å². The van der Waals surface area contributed by atoms with E-state index in [2.05, 4.69) is 51.7 Å². The first-order chi connectivity index (χ1) is 16.3. The molecule has 4 rings (SSSR count). The molecule has 1 N–H and O–H groups in total. The maximum atomic E-state index is 13.3. The van der Waals surface area contributed by atoms with Gasteiger partial charge in [-0.2, -0.15) is 0 Å². The van der Waals surface area contributed by atoms with Gasteiger partial charge >= 0.3 is 0 Å². The fraction of sp³-hybridized carbons (Fsp3) is 0.520. The highest BCUT2D eigenvalue weighted by molar-refractivity contribution is 7.89. The molecule has 1 saturated heterocycles. The molecule has 34 heavy (non-hydrogen) atoms. The van der Waals surface area contributed by atoms with Crippen molar-refractivity contribution >= 4 is 15.7 Å². The number of fused-ring (bicyclic) bond motifs is 1. The smallest absolute Gasteiger partial charge is 0.244 e. The van der Waals surface area contributed by atoms with Crippen LogP contribution in [0.3, 0.4) is 0 Å². The van der Waals surface area contributed by atoms with Crippen molar-refractivity contribution < 1.29 is 17.9 Å². The van der Waals surface area contributed by atoms with E-state index in [1.165, 1.54) is 31.5 Å². The highest BCUT2D eigenvalue weighted by Gasteiger charge is 2.28. The normalized spacial score (nSPS) is 18.4. The van der Waals surface area contributed by atoms with Crippen molar-refractivity contribution in [3.8, 4) is 11.5 Å². The topological polar surface area (TPSA) is 74.3 Å². The summed E-state index contributed by atoms with van der Waals surface area (Å²) >= 11 is 0. The standard InChI is InChI=1S/C25H36N4O4S/c1-27-12-14-29(15-13-27)23(20-7-9-22-19(16-20)6-5-11-28(22)2)18-26-34(30,31)25-17-21(32-3)8-10-24(25)33-4/h7-10,16-17,23,26H,5-6,11-15,18H2,1-4H3/t23-/m1/s1. The zero-order valence-electron chi connectivity index (χ0n) is 20.6. The Bertz CT molecular complexity index is 1100. The predicted octanol–water partition coefficient (Wildman–Crippen LogP) is 2.35. The van der Waals surface area contributed by atoms with Crippen LogP contribution in [0.5, 0.6) is 11.5 Å². The van der Waals surface area contributed by atoms with Crippen LogP contribution in [0, 0.1) is 0 Å². The first-order valence-electron chi connectivity index (χ1n) is 11.8. The van der Waals surface area contributed by atoms with Gasteiger partial charge in [0.25, 0.3) is 0 Å². The van der Waals surface area contributed by atoms with Crippen molar-refractivity contribution in [3.63, 3.8) is 0 Å². The number of nitrogens with zero attached hydrogens (tertiary/aromatic N) is 3. The number of benzene rings is 2. The molecule has 2 aliphatic heterocycles. The van der Waals surface area contributed by atoms with Gasteiger partial charge in [-0.15, -0.1) is 0 Å². The van der Waals surface area contributed by atoms with Gasteiger partial charge in [0, 0.05) is 64.1 Å². The summed E-state index contributed by atoms with van der Waals surface area (Å²) in [6, 6.07) is 11.4. The lowest BCUT2D eigenvalue weighted by Crippen LogP contribution is -2.48. The minimum absolute atomic E-state index is 0.0578. The summed E-state index contributed by atoms with van der Waals surface area (Å²) in [4.78, 5) is 7.07. The second kappa shape index (κ2) is 10.5. The van der Waals surface area contributed by atoms with Gasteiger partial charge < -0.3 is 19.3 Å². The number of hydrogen-bond acceptors (Lipinski definition) is 7. The molecule has 0 spiro atoms. The molecule has 0 saturated carbocycles. The molecular weight excluding hydrogens is 452 g/mol. The maximum Gasteiger partial charge on any atom is 0.244 e. The van der Waals surface area contributed by atoms with Crippen LogP contribution >= 0.6 is 0 Å². The van der Waals surface area contributed by atoms with Crippen molar-refractivity contribution in [3.05, 3.63) is 47.5 Å². The Labute approximate surface area is 203 Å². The summed E-state index contributed by atoms with van der Waals surface area (Å²) in [5.41, 5.74) is 3.76. The molecule has 2 aromatic rings. The van der Waals surface area contributed by atoms with Gasteiger partial charge in [-0.05, 0) is 49.2 Å². The van der Waals surface area contributed by atoms with Gasteiger partial charge in [-0.3, -0.25) is 4.90 Å². The Morgan fingerprint density at radius 3 is 2.44 bits per heavy atom. The Balaban J connectivity index is 1.62. The molecular formula is C25H36N4O4S. The number of sulfonamides is 1. The molecule has 186 valence electrons. The first-order valence-corrected chi connectivity index (χ1v) is 13.3. The van der Waals surface area contributed by atoms with Crippen molar-refractivity contribution in [2.45, 2.75) is 23.8 Å². The zero-order valence-corrected chi connectivity index (χ0v) is 21.4. The van der Waals surface area contributed by atoms with E-state index in [0.29, 0.717) is 11.5 Å². The number of anilines is 1. The quantitative estimate of drug-likeness (QED) is 0.611. The van der Waals surface area contributed by atoms with Gasteiger partial charge in [-0.1, -0.05) is 12.1 Å². The Hall–Kier alpha value is -2.33. The number of piperazine rings is 1. The fourth-order valence-electron chi connectivity index (χ4n) is 4.86. The van der Waals surface area contributed by atoms with Gasteiger partial charge in [0.1, 0.15) is 16.4 Å². The third-order valence-corrected chi connectivity index (χ3v) is 8.39. The monoisotopic (exact) mass is 488 g/mol. The third-order valence-electron chi connectivity index (χ3n) is 6.94. The van der Waals surface area contributed by atoms with Gasteiger partial charge in [0.15, 0.2) is 0 Å². The van der Waals surface area contributed by atoms with Crippen LogP contribution in [0.4, 0.5) is 5.69 Å². The Kier molecular flexibility index (Phi) is 7.67. The van der Waals surface area contributed by atoms with Crippen molar-refractivity contribution in [1.82, 2.24) is 14.5 Å². The molecule has 1 atom stereocenters. The van der Waals surface area contributed by atoms with Crippen LogP contribution in [0.1, 0.15) is 23.6 Å². The lowest BCUT2D eigenvalue weighted by Gasteiger charge is -2.39. The second-order valence-corrected chi connectivity index (χ2v) is 10.9. The molecule has 1 fully saturated rings. The molecule has 0 amide bonds. The maximum absolute atomic E-state index is 13.3. The van der Waals surface area contributed by atoms with Crippen LogP contribution in [0.2, 0.25) is 0 Å². The molecule has 2 aliphatic rings. The van der Waals surface area contributed by atoms with Crippen molar-refractivity contribution in [2.24, 2.45) is 0 Å². The average Bonchev–Trinajstić information content (AvgIpc) is 2.85. The fourth-order valence-corrected chi connectivity index (χ4v) is 6.08. The van der Waals surface area contributed by atoms with Gasteiger partial charge in [0.05, 0.1) is 14.2 Å². The largest absolute Gasteiger partial charge is 0.497 e. The van der Waals surface area contributed by atoms with Crippen molar-refractivity contribution in [2.75, 3.05) is 72.5 Å². The average molecular weight is 489 g/mol. The lowest BCUT2D eigenvalue weighted by molar-refractivity contribution is 0.113. The first kappa shape index (κ1) is 24.8. The molecule has 2 heterocycles. The van der Waals surface area contributed by atoms with Crippen LogP contribution in [0.25, 0.3) is 0 Å². The van der Waals surface area contributed by atoms with E-state index >= 15 is 0 Å². The lowest BCUT2D eigenvalue weighted by atomic mass is 9.95. The molecule has 0 radical (unpaired) electrons. The summed E-state index contributed by atoms with van der Waals surface area (Å²) in [6.45, 7) is 5.05. The Morgan fingerprint density at radius 1 is 0.971 bits per heavy atom. The van der Waals surface area contributed by atoms with Gasteiger partial charge in [-0.25, -0.2) is 13.1 Å². The summed E-state index contributed by atoms with van der Waals surface area (Å²) < 4.78 is 40.1. The predicted molar refractivity (Wildman–Crippen MR) is 135 cm³/mol. The second-order valence-electron chi connectivity index (χ2n) is 9.14. The number of hydrogen-bond donors (Lipinski definition) is 1. The Morgan fingerprint density at radius 2 is 1.74 bits per heavy atom. The van der Waals surface area contributed by atoms with E-state index in [9.17, 15) is 8.42 Å². The highest BCUT2D eigenvalue weighted by atomic mass is 32.2. The van der Waals surface area contributed by atoms with E-state index in [1.807, 2.05) is 0 Å². The SMILES string of the molecule is COc1ccc(OC)c(S(=O)(=O)NC[C@H](c2ccc3c(c2)CCCN3C)N2CCN(C)CC2)c1. The summed E-state index contributed by atoms with van der Waals surface area (Å²) in [6.07, 6.45) is 2.18. The number of nitrogens with one attached hydrogen (secondary N) is 1.